The molecule has 0 fully saturated rings. The summed E-state index contributed by atoms with van der Waals surface area (Å²) in [5.41, 5.74) is 12.1. The topological polar surface area (TPSA) is 12.6 Å². The van der Waals surface area contributed by atoms with Gasteiger partial charge < -0.3 is 13.9 Å². The van der Waals surface area contributed by atoms with Gasteiger partial charge in [0.1, 0.15) is 0 Å². The second-order valence-corrected chi connectivity index (χ2v) is 14.7. The van der Waals surface area contributed by atoms with Gasteiger partial charge in [0.15, 0.2) is 0 Å². The van der Waals surface area contributed by atoms with Crippen molar-refractivity contribution in [1.29, 1.82) is 0 Å². The summed E-state index contributed by atoms with van der Waals surface area (Å²) < 4.78 is 5.02. The lowest BCUT2D eigenvalue weighted by molar-refractivity contribution is 1.18. The SMILES string of the molecule is Cc1ccc2cc3c4c5c6ccccc6n(-c6ccccc6)c5cc5c6cc7ccc(N(c8ccccc8)c8ccccc8)cc7cc6n(c3cc2c1)c54. The van der Waals surface area contributed by atoms with Crippen molar-refractivity contribution in [1.82, 2.24) is 8.97 Å². The lowest BCUT2D eigenvalue weighted by Gasteiger charge is -2.25. The summed E-state index contributed by atoms with van der Waals surface area (Å²) in [6.07, 6.45) is 0. The van der Waals surface area contributed by atoms with Crippen LogP contribution in [0.3, 0.4) is 0 Å². The van der Waals surface area contributed by atoms with Crippen LogP contribution < -0.4 is 4.90 Å². The molecule has 0 saturated carbocycles. The standard InChI is InChI=1S/C51H33N3/c1-32-21-22-33-28-44-47(29-35(33)25-32)54-46-30-36-26-40(52(37-13-5-2-6-14-37)38-15-7-3-8-16-38)24-23-34(36)27-42(46)43-31-48-49(50(44)51(43)54)41-19-11-12-20-45(41)53(48)39-17-9-4-10-18-39/h2-31H,1H3. The van der Waals surface area contributed by atoms with E-state index in [4.69, 9.17) is 0 Å². The summed E-state index contributed by atoms with van der Waals surface area (Å²) in [6, 6.07) is 67.0. The number of rotatable bonds is 4. The Morgan fingerprint density at radius 2 is 0.981 bits per heavy atom. The van der Waals surface area contributed by atoms with E-state index in [0.29, 0.717) is 0 Å². The molecule has 0 spiro atoms. The molecule has 3 heteroatoms. The minimum absolute atomic E-state index is 1.13. The van der Waals surface area contributed by atoms with Crippen molar-refractivity contribution in [3.05, 3.63) is 188 Å². The Morgan fingerprint density at radius 3 is 1.72 bits per heavy atom. The fraction of sp³-hybridized carbons (Fsp3) is 0.0196. The minimum atomic E-state index is 1.13. The zero-order valence-electron chi connectivity index (χ0n) is 29.7. The first-order valence-electron chi connectivity index (χ1n) is 18.7. The number of fused-ring (bicyclic) bond motifs is 12. The quantitative estimate of drug-likeness (QED) is 0.179. The third-order valence-corrected chi connectivity index (χ3v) is 11.5. The van der Waals surface area contributed by atoms with Gasteiger partial charge in [-0.2, -0.15) is 0 Å². The summed E-state index contributed by atoms with van der Waals surface area (Å²) >= 11 is 0. The average Bonchev–Trinajstić information content (AvgIpc) is 3.84. The molecule has 0 N–H and O–H groups in total. The molecular formula is C51H33N3. The molecule has 0 saturated heterocycles. The van der Waals surface area contributed by atoms with E-state index in [-0.39, 0.29) is 0 Å². The molecule has 12 rings (SSSR count). The van der Waals surface area contributed by atoms with Gasteiger partial charge in [0, 0.05) is 55.1 Å². The molecule has 3 aromatic heterocycles. The van der Waals surface area contributed by atoms with Crippen molar-refractivity contribution in [2.24, 2.45) is 0 Å². The van der Waals surface area contributed by atoms with Crippen LogP contribution in [-0.4, -0.2) is 8.97 Å². The van der Waals surface area contributed by atoms with Gasteiger partial charge in [-0.1, -0.05) is 103 Å². The van der Waals surface area contributed by atoms with Crippen LogP contribution in [0.1, 0.15) is 5.56 Å². The van der Waals surface area contributed by atoms with Crippen molar-refractivity contribution < 1.29 is 0 Å². The molecule has 54 heavy (non-hydrogen) atoms. The first-order valence-corrected chi connectivity index (χ1v) is 18.7. The van der Waals surface area contributed by atoms with E-state index in [2.05, 4.69) is 203 Å². The molecular weight excluding hydrogens is 655 g/mol. The monoisotopic (exact) mass is 687 g/mol. The van der Waals surface area contributed by atoms with Crippen LogP contribution in [0.2, 0.25) is 0 Å². The molecule has 0 bridgehead atoms. The van der Waals surface area contributed by atoms with E-state index in [1.807, 2.05) is 0 Å². The highest BCUT2D eigenvalue weighted by Gasteiger charge is 2.25. The van der Waals surface area contributed by atoms with Crippen LogP contribution in [0, 0.1) is 6.92 Å². The van der Waals surface area contributed by atoms with Gasteiger partial charge in [0.2, 0.25) is 0 Å². The van der Waals surface area contributed by atoms with E-state index in [9.17, 15) is 0 Å². The van der Waals surface area contributed by atoms with E-state index < -0.39 is 0 Å². The van der Waals surface area contributed by atoms with Crippen LogP contribution in [0.5, 0.6) is 0 Å². The highest BCUT2D eigenvalue weighted by Crippen LogP contribution is 2.48. The third-order valence-electron chi connectivity index (χ3n) is 11.5. The number of nitrogens with zero attached hydrogens (tertiary/aromatic N) is 3. The largest absolute Gasteiger partial charge is 0.310 e. The minimum Gasteiger partial charge on any atom is -0.310 e. The van der Waals surface area contributed by atoms with Crippen LogP contribution in [0.4, 0.5) is 17.1 Å². The van der Waals surface area contributed by atoms with Crippen molar-refractivity contribution in [2.45, 2.75) is 6.92 Å². The second-order valence-electron chi connectivity index (χ2n) is 14.7. The Morgan fingerprint density at radius 1 is 0.370 bits per heavy atom. The summed E-state index contributed by atoms with van der Waals surface area (Å²) in [6.45, 7) is 2.19. The first kappa shape index (κ1) is 29.5. The van der Waals surface area contributed by atoms with Crippen molar-refractivity contribution >= 4 is 98.5 Å². The van der Waals surface area contributed by atoms with Gasteiger partial charge in [-0.15, -0.1) is 0 Å². The molecule has 3 heterocycles. The van der Waals surface area contributed by atoms with E-state index in [1.165, 1.54) is 92.7 Å². The summed E-state index contributed by atoms with van der Waals surface area (Å²) in [5.74, 6) is 0. The highest BCUT2D eigenvalue weighted by molar-refractivity contribution is 6.36. The molecule has 0 aliphatic carbocycles. The van der Waals surface area contributed by atoms with Crippen molar-refractivity contribution in [3.8, 4) is 5.69 Å². The molecule has 0 atom stereocenters. The molecule has 0 unspecified atom stereocenters. The van der Waals surface area contributed by atoms with Crippen LogP contribution in [-0.2, 0) is 0 Å². The maximum atomic E-state index is 2.56. The molecule has 0 aliphatic heterocycles. The highest BCUT2D eigenvalue weighted by atomic mass is 15.1. The molecule has 3 nitrogen and oxygen atoms in total. The zero-order chi connectivity index (χ0) is 35.5. The average molecular weight is 688 g/mol. The first-order chi connectivity index (χ1) is 26.7. The lowest BCUT2D eigenvalue weighted by atomic mass is 9.99. The van der Waals surface area contributed by atoms with Crippen molar-refractivity contribution in [3.63, 3.8) is 0 Å². The maximum Gasteiger partial charge on any atom is 0.0628 e. The number of aryl methyl sites for hydroxylation is 1. The fourth-order valence-electron chi connectivity index (χ4n) is 9.25. The Bertz CT molecular complexity index is 3390. The Balaban J connectivity index is 1.23. The summed E-state index contributed by atoms with van der Waals surface area (Å²) in [7, 11) is 0. The number of benzene rings is 9. The van der Waals surface area contributed by atoms with Gasteiger partial charge in [-0.25, -0.2) is 0 Å². The van der Waals surface area contributed by atoms with Gasteiger partial charge in [-0.05, 0) is 113 Å². The molecule has 9 aromatic carbocycles. The second kappa shape index (κ2) is 11.0. The van der Waals surface area contributed by atoms with Gasteiger partial charge in [0.05, 0.1) is 27.6 Å². The number of aromatic nitrogens is 2. The van der Waals surface area contributed by atoms with Crippen LogP contribution in [0.25, 0.3) is 87.1 Å². The normalized spacial score (nSPS) is 12.2. The zero-order valence-corrected chi connectivity index (χ0v) is 29.7. The van der Waals surface area contributed by atoms with Gasteiger partial charge in [-0.3, -0.25) is 0 Å². The summed E-state index contributed by atoms with van der Waals surface area (Å²) in [5, 5.41) is 12.7. The Hall–Kier alpha value is -7.10. The Kier molecular flexibility index (Phi) is 5.98. The van der Waals surface area contributed by atoms with Crippen LogP contribution >= 0.6 is 0 Å². The van der Waals surface area contributed by atoms with Crippen molar-refractivity contribution in [2.75, 3.05) is 4.90 Å². The van der Waals surface area contributed by atoms with Gasteiger partial charge in [0.25, 0.3) is 0 Å². The lowest BCUT2D eigenvalue weighted by Crippen LogP contribution is -2.09. The van der Waals surface area contributed by atoms with E-state index in [1.54, 1.807) is 0 Å². The maximum absolute atomic E-state index is 2.56. The molecule has 252 valence electrons. The summed E-state index contributed by atoms with van der Waals surface area (Å²) in [4.78, 5) is 2.35. The number of anilines is 3. The fourth-order valence-corrected chi connectivity index (χ4v) is 9.25. The molecule has 0 amide bonds. The third kappa shape index (κ3) is 4.07. The number of para-hydroxylation sites is 4. The van der Waals surface area contributed by atoms with E-state index in [0.717, 1.165) is 17.1 Å². The molecule has 0 aliphatic rings. The Labute approximate surface area is 311 Å². The smallest absolute Gasteiger partial charge is 0.0628 e. The van der Waals surface area contributed by atoms with Crippen LogP contribution in [0.15, 0.2) is 182 Å². The number of hydrogen-bond donors (Lipinski definition) is 0. The predicted molar refractivity (Wildman–Crippen MR) is 230 cm³/mol. The van der Waals surface area contributed by atoms with E-state index >= 15 is 0 Å². The molecule has 0 radical (unpaired) electrons. The van der Waals surface area contributed by atoms with Gasteiger partial charge >= 0.3 is 0 Å². The number of hydrogen-bond acceptors (Lipinski definition) is 1. The predicted octanol–water partition coefficient (Wildman–Crippen LogP) is 14.0. The molecule has 12 aromatic rings.